The van der Waals surface area contributed by atoms with E-state index in [9.17, 15) is 9.59 Å². The molecule has 1 atom stereocenters. The van der Waals surface area contributed by atoms with Gasteiger partial charge < -0.3 is 10.1 Å². The lowest BCUT2D eigenvalue weighted by Crippen LogP contribution is -2.22. The summed E-state index contributed by atoms with van der Waals surface area (Å²) >= 11 is 1.45. The molecule has 2 aromatic rings. The highest BCUT2D eigenvalue weighted by Gasteiger charge is 2.23. The number of nitrogens with one attached hydrogen (secondary N) is 1. The van der Waals surface area contributed by atoms with Crippen LogP contribution in [0.4, 0.5) is 5.00 Å². The van der Waals surface area contributed by atoms with Gasteiger partial charge >= 0.3 is 5.97 Å². The lowest BCUT2D eigenvalue weighted by Gasteiger charge is -2.12. The molecule has 1 heterocycles. The van der Waals surface area contributed by atoms with Gasteiger partial charge in [0.15, 0.2) is 0 Å². The average Bonchev–Trinajstić information content (AvgIpc) is 3.07. The van der Waals surface area contributed by atoms with Gasteiger partial charge in [0.2, 0.25) is 5.91 Å². The molecule has 0 saturated heterocycles. The molecular weight excluding hydrogens is 346 g/mol. The Balaban J connectivity index is 2.34. The number of amides is 1. The van der Waals surface area contributed by atoms with Crippen molar-refractivity contribution in [3.8, 4) is 0 Å². The van der Waals surface area contributed by atoms with Crippen LogP contribution in [-0.4, -0.2) is 18.5 Å². The van der Waals surface area contributed by atoms with Crippen LogP contribution in [0.15, 0.2) is 36.4 Å². The number of carbonyl (C=O) groups is 2. The van der Waals surface area contributed by atoms with Gasteiger partial charge in [0.05, 0.1) is 12.2 Å². The van der Waals surface area contributed by atoms with E-state index in [2.05, 4.69) is 24.4 Å². The molecule has 0 bridgehead atoms. The minimum Gasteiger partial charge on any atom is -0.462 e. The summed E-state index contributed by atoms with van der Waals surface area (Å²) in [4.78, 5) is 25.9. The quantitative estimate of drug-likeness (QED) is 0.626. The number of hydrogen-bond acceptors (Lipinski definition) is 4. The first-order valence-electron chi connectivity index (χ1n) is 9.18. The molecule has 0 unspecified atom stereocenters. The van der Waals surface area contributed by atoms with Gasteiger partial charge in [0.1, 0.15) is 5.00 Å². The molecule has 2 rings (SSSR count). The summed E-state index contributed by atoms with van der Waals surface area (Å²) in [6.45, 7) is 8.18. The molecule has 0 aliphatic rings. The molecular formula is C21H27NO3S. The van der Waals surface area contributed by atoms with Crippen molar-refractivity contribution in [1.82, 2.24) is 0 Å². The van der Waals surface area contributed by atoms with Gasteiger partial charge in [0.25, 0.3) is 0 Å². The first-order chi connectivity index (χ1) is 12.5. The van der Waals surface area contributed by atoms with Gasteiger partial charge in [-0.05, 0) is 31.4 Å². The lowest BCUT2D eigenvalue weighted by atomic mass is 9.99. The Kier molecular flexibility index (Phi) is 7.39. The molecule has 26 heavy (non-hydrogen) atoms. The number of thiophene rings is 1. The van der Waals surface area contributed by atoms with Crippen molar-refractivity contribution < 1.29 is 14.3 Å². The molecule has 1 aromatic carbocycles. The summed E-state index contributed by atoms with van der Waals surface area (Å²) in [5, 5.41) is 3.54. The van der Waals surface area contributed by atoms with Gasteiger partial charge in [-0.3, -0.25) is 4.79 Å². The van der Waals surface area contributed by atoms with E-state index in [-0.39, 0.29) is 17.7 Å². The fourth-order valence-electron chi connectivity index (χ4n) is 2.86. The maximum Gasteiger partial charge on any atom is 0.341 e. The number of anilines is 1. The van der Waals surface area contributed by atoms with E-state index in [0.29, 0.717) is 17.2 Å². The second-order valence-electron chi connectivity index (χ2n) is 6.25. The molecule has 4 nitrogen and oxygen atoms in total. The van der Waals surface area contributed by atoms with E-state index in [1.807, 2.05) is 38.1 Å². The van der Waals surface area contributed by atoms with E-state index in [1.54, 1.807) is 6.92 Å². The van der Waals surface area contributed by atoms with Crippen molar-refractivity contribution in [3.05, 3.63) is 52.4 Å². The van der Waals surface area contributed by atoms with E-state index < -0.39 is 5.97 Å². The molecule has 1 amide bonds. The van der Waals surface area contributed by atoms with Crippen LogP contribution in [0.5, 0.6) is 0 Å². The van der Waals surface area contributed by atoms with E-state index >= 15 is 0 Å². The average molecular weight is 374 g/mol. The third-order valence-corrected chi connectivity index (χ3v) is 5.80. The summed E-state index contributed by atoms with van der Waals surface area (Å²) in [6, 6.07) is 12.0. The van der Waals surface area contributed by atoms with Gasteiger partial charge in [-0.2, -0.15) is 0 Å². The Morgan fingerprint density at radius 3 is 2.35 bits per heavy atom. The second kappa shape index (κ2) is 9.53. The molecule has 0 aliphatic carbocycles. The maximum atomic E-state index is 12.5. The van der Waals surface area contributed by atoms with Crippen LogP contribution in [0.2, 0.25) is 0 Å². The lowest BCUT2D eigenvalue weighted by molar-refractivity contribution is -0.120. The predicted octanol–water partition coefficient (Wildman–Crippen LogP) is 5.45. The van der Waals surface area contributed by atoms with Crippen molar-refractivity contribution in [3.63, 3.8) is 0 Å². The van der Waals surface area contributed by atoms with Crippen molar-refractivity contribution in [2.45, 2.75) is 46.5 Å². The summed E-state index contributed by atoms with van der Waals surface area (Å²) < 4.78 is 5.18. The van der Waals surface area contributed by atoms with Crippen molar-refractivity contribution >= 4 is 28.2 Å². The molecule has 0 spiro atoms. The highest BCUT2D eigenvalue weighted by molar-refractivity contribution is 7.16. The topological polar surface area (TPSA) is 55.4 Å². The third-order valence-electron chi connectivity index (χ3n) is 4.57. The molecule has 0 radical (unpaired) electrons. The van der Waals surface area contributed by atoms with Gasteiger partial charge in [-0.25, -0.2) is 4.79 Å². The number of esters is 1. The minimum atomic E-state index is -0.393. The summed E-state index contributed by atoms with van der Waals surface area (Å²) in [5.41, 5.74) is 1.61. The van der Waals surface area contributed by atoms with E-state index in [4.69, 9.17) is 4.74 Å². The van der Waals surface area contributed by atoms with Gasteiger partial charge in [0, 0.05) is 16.7 Å². The number of hydrogen-bond donors (Lipinski definition) is 1. The first-order valence-corrected chi connectivity index (χ1v) is 10.00. The molecule has 0 saturated carbocycles. The molecule has 1 N–H and O–H groups in total. The zero-order chi connectivity index (χ0) is 19.1. The highest BCUT2D eigenvalue weighted by atomic mass is 32.1. The van der Waals surface area contributed by atoms with Crippen LogP contribution in [0.1, 0.15) is 67.3 Å². The number of benzene rings is 1. The maximum absolute atomic E-state index is 12.5. The monoisotopic (exact) mass is 373 g/mol. The number of carbonyl (C=O) groups excluding carboxylic acids is 2. The largest absolute Gasteiger partial charge is 0.462 e. The smallest absolute Gasteiger partial charge is 0.341 e. The van der Waals surface area contributed by atoms with Crippen LogP contribution in [0.3, 0.4) is 0 Å². The van der Waals surface area contributed by atoms with Crippen molar-refractivity contribution in [2.75, 3.05) is 11.9 Å². The first kappa shape index (κ1) is 20.2. The SMILES string of the molecule is CCOC(=O)c1cc([C@@H](C)c2ccccc2)sc1NC(=O)C(CC)CC. The normalized spacial score (nSPS) is 12.0. The zero-order valence-electron chi connectivity index (χ0n) is 15.9. The molecule has 5 heteroatoms. The number of rotatable bonds is 8. The van der Waals surface area contributed by atoms with Crippen LogP contribution in [0, 0.1) is 5.92 Å². The standard InChI is InChI=1S/C21H27NO3S/c1-5-15(6-2)19(23)22-20-17(21(24)25-7-3)13-18(26-20)14(4)16-11-9-8-10-12-16/h8-15H,5-7H2,1-4H3,(H,22,23)/t14-/m0/s1. The minimum absolute atomic E-state index is 0.0405. The van der Waals surface area contributed by atoms with E-state index in [1.165, 1.54) is 16.9 Å². The van der Waals surface area contributed by atoms with Gasteiger partial charge in [-0.15, -0.1) is 11.3 Å². The summed E-state index contributed by atoms with van der Waals surface area (Å²) in [6.07, 6.45) is 1.55. The Morgan fingerprint density at radius 1 is 1.12 bits per heavy atom. The molecule has 0 fully saturated rings. The fourth-order valence-corrected chi connectivity index (χ4v) is 3.99. The third kappa shape index (κ3) is 4.73. The Hall–Kier alpha value is -2.14. The summed E-state index contributed by atoms with van der Waals surface area (Å²) in [5.74, 6) is -0.355. The predicted molar refractivity (Wildman–Crippen MR) is 107 cm³/mol. The second-order valence-corrected chi connectivity index (χ2v) is 7.33. The number of ether oxygens (including phenoxy) is 1. The van der Waals surface area contributed by atoms with Crippen molar-refractivity contribution in [1.29, 1.82) is 0 Å². The molecule has 1 aromatic heterocycles. The molecule has 140 valence electrons. The molecule has 0 aliphatic heterocycles. The Labute approximate surface area is 159 Å². The summed E-state index contributed by atoms with van der Waals surface area (Å²) in [7, 11) is 0. The van der Waals surface area contributed by atoms with Crippen LogP contribution in [0.25, 0.3) is 0 Å². The highest BCUT2D eigenvalue weighted by Crippen LogP contribution is 2.36. The van der Waals surface area contributed by atoms with Crippen LogP contribution >= 0.6 is 11.3 Å². The van der Waals surface area contributed by atoms with E-state index in [0.717, 1.165) is 17.7 Å². The fraction of sp³-hybridized carbons (Fsp3) is 0.429. The van der Waals surface area contributed by atoms with Gasteiger partial charge in [-0.1, -0.05) is 51.1 Å². The Morgan fingerprint density at radius 2 is 1.77 bits per heavy atom. The van der Waals surface area contributed by atoms with Crippen LogP contribution < -0.4 is 5.32 Å². The zero-order valence-corrected chi connectivity index (χ0v) is 16.7. The Bertz CT molecular complexity index is 735. The van der Waals surface area contributed by atoms with Crippen molar-refractivity contribution in [2.24, 2.45) is 5.92 Å². The van der Waals surface area contributed by atoms with Crippen LogP contribution in [-0.2, 0) is 9.53 Å².